The molecule has 0 saturated heterocycles. The summed E-state index contributed by atoms with van der Waals surface area (Å²) < 4.78 is 28.7. The van der Waals surface area contributed by atoms with Crippen LogP contribution in [0.3, 0.4) is 0 Å². The molecule has 3 rings (SSSR count). The lowest BCUT2D eigenvalue weighted by atomic mass is 10.0. The molecule has 0 spiro atoms. The smallest absolute Gasteiger partial charge is 0.262 e. The molecule has 5 nitrogen and oxygen atoms in total. The Balaban J connectivity index is 1.73. The highest BCUT2D eigenvalue weighted by Crippen LogP contribution is 2.66. The number of rotatable bonds is 7. The molecule has 1 aliphatic rings. The quantitative estimate of drug-likeness (QED) is 0.665. The zero-order valence-corrected chi connectivity index (χ0v) is 17.1. The van der Waals surface area contributed by atoms with Gasteiger partial charge in [0.25, 0.3) is 10.0 Å². The van der Waals surface area contributed by atoms with Crippen molar-refractivity contribution in [3.8, 4) is 5.75 Å². The average molecular weight is 410 g/mol. The SMILES string of the molecule is COc1ccc(Cl)cc1CCC1C(c2ccc(S(=O)(=O)NO)cc2)C1(C)C. The number of halogens is 1. The Morgan fingerprint density at radius 2 is 1.85 bits per heavy atom. The fourth-order valence-corrected chi connectivity index (χ4v) is 4.90. The van der Waals surface area contributed by atoms with Gasteiger partial charge < -0.3 is 9.94 Å². The maximum Gasteiger partial charge on any atom is 0.262 e. The number of ether oxygens (including phenoxy) is 1. The van der Waals surface area contributed by atoms with E-state index in [9.17, 15) is 8.42 Å². The Morgan fingerprint density at radius 3 is 2.44 bits per heavy atom. The highest BCUT2D eigenvalue weighted by atomic mass is 35.5. The summed E-state index contributed by atoms with van der Waals surface area (Å²) >= 11 is 6.12. The van der Waals surface area contributed by atoms with Crippen LogP contribution in [0.25, 0.3) is 0 Å². The van der Waals surface area contributed by atoms with Gasteiger partial charge in [-0.25, -0.2) is 8.42 Å². The van der Waals surface area contributed by atoms with Crippen molar-refractivity contribution in [2.24, 2.45) is 11.3 Å². The third kappa shape index (κ3) is 3.99. The number of hydrogen-bond donors (Lipinski definition) is 2. The first-order valence-electron chi connectivity index (χ1n) is 8.79. The molecule has 0 aliphatic heterocycles. The number of nitrogens with one attached hydrogen (secondary N) is 1. The highest BCUT2D eigenvalue weighted by molar-refractivity contribution is 7.89. The van der Waals surface area contributed by atoms with E-state index in [0.717, 1.165) is 29.7 Å². The van der Waals surface area contributed by atoms with Crippen molar-refractivity contribution in [3.63, 3.8) is 0 Å². The first-order chi connectivity index (χ1) is 12.7. The van der Waals surface area contributed by atoms with Gasteiger partial charge in [0, 0.05) is 5.02 Å². The van der Waals surface area contributed by atoms with E-state index in [1.54, 1.807) is 7.11 Å². The molecule has 2 N–H and O–H groups in total. The van der Waals surface area contributed by atoms with E-state index in [1.807, 2.05) is 30.3 Å². The molecule has 1 saturated carbocycles. The van der Waals surface area contributed by atoms with Crippen molar-refractivity contribution in [2.45, 2.75) is 37.5 Å². The summed E-state index contributed by atoms with van der Waals surface area (Å²) in [6.45, 7) is 4.47. The molecule has 0 amide bonds. The normalized spacial score (nSPS) is 21.1. The van der Waals surface area contributed by atoms with Crippen molar-refractivity contribution in [2.75, 3.05) is 7.11 Å². The van der Waals surface area contributed by atoms with Gasteiger partial charge in [0.1, 0.15) is 5.75 Å². The third-order valence-corrected chi connectivity index (χ3v) is 7.06. The van der Waals surface area contributed by atoms with Gasteiger partial charge in [0.2, 0.25) is 0 Å². The van der Waals surface area contributed by atoms with Crippen LogP contribution < -0.4 is 9.62 Å². The predicted octanol–water partition coefficient (Wildman–Crippen LogP) is 4.39. The fourth-order valence-electron chi connectivity index (χ4n) is 4.11. The van der Waals surface area contributed by atoms with E-state index in [-0.39, 0.29) is 10.3 Å². The Morgan fingerprint density at radius 1 is 1.19 bits per heavy atom. The van der Waals surface area contributed by atoms with Gasteiger partial charge in [-0.05, 0) is 71.6 Å². The van der Waals surface area contributed by atoms with Crippen LogP contribution in [0.1, 0.15) is 37.3 Å². The van der Waals surface area contributed by atoms with E-state index >= 15 is 0 Å². The number of aryl methyl sites for hydroxylation is 1. The van der Waals surface area contributed by atoms with E-state index in [1.165, 1.54) is 17.0 Å². The number of sulfonamides is 1. The van der Waals surface area contributed by atoms with Crippen molar-refractivity contribution in [1.29, 1.82) is 0 Å². The van der Waals surface area contributed by atoms with E-state index in [0.29, 0.717) is 16.9 Å². The molecule has 27 heavy (non-hydrogen) atoms. The molecule has 0 aromatic heterocycles. The Labute approximate surface area is 165 Å². The minimum absolute atomic E-state index is 0.0485. The standard InChI is InChI=1S/C20H24ClNO4S/c1-20(2)17(10-6-14-12-15(21)7-11-18(14)26-3)19(20)13-4-8-16(9-5-13)27(24,25)22-23/h4-5,7-9,11-12,17,19,22-23H,6,10H2,1-3H3. The van der Waals surface area contributed by atoms with Crippen LogP contribution in [0.5, 0.6) is 5.75 Å². The number of hydrogen-bond acceptors (Lipinski definition) is 4. The topological polar surface area (TPSA) is 75.6 Å². The van der Waals surface area contributed by atoms with Crippen LogP contribution in [0, 0.1) is 11.3 Å². The van der Waals surface area contributed by atoms with Crippen LogP contribution in [0.15, 0.2) is 47.4 Å². The summed E-state index contributed by atoms with van der Waals surface area (Å²) in [5.74, 6) is 1.70. The maximum atomic E-state index is 11.7. The van der Waals surface area contributed by atoms with Crippen LogP contribution in [0.2, 0.25) is 5.02 Å². The second-order valence-electron chi connectivity index (χ2n) is 7.56. The summed E-state index contributed by atoms with van der Waals surface area (Å²) in [6.07, 6.45) is 1.86. The Hall–Kier alpha value is -1.60. The van der Waals surface area contributed by atoms with Gasteiger partial charge in [-0.2, -0.15) is 0 Å². The van der Waals surface area contributed by atoms with Crippen molar-refractivity contribution >= 4 is 21.6 Å². The highest BCUT2D eigenvalue weighted by Gasteiger charge is 2.57. The number of benzene rings is 2. The van der Waals surface area contributed by atoms with Crippen LogP contribution in [0.4, 0.5) is 0 Å². The average Bonchev–Trinajstić information content (AvgIpc) is 3.20. The van der Waals surface area contributed by atoms with Gasteiger partial charge in [-0.3, -0.25) is 0 Å². The van der Waals surface area contributed by atoms with E-state index < -0.39 is 10.0 Å². The lowest BCUT2D eigenvalue weighted by Crippen LogP contribution is -2.19. The molecular weight excluding hydrogens is 386 g/mol. The minimum Gasteiger partial charge on any atom is -0.496 e. The zero-order valence-electron chi connectivity index (χ0n) is 15.6. The Kier molecular flexibility index (Phi) is 5.54. The largest absolute Gasteiger partial charge is 0.496 e. The molecule has 146 valence electrons. The van der Waals surface area contributed by atoms with Crippen molar-refractivity contribution in [3.05, 3.63) is 58.6 Å². The van der Waals surface area contributed by atoms with Crippen LogP contribution in [-0.4, -0.2) is 20.7 Å². The summed E-state index contributed by atoms with van der Waals surface area (Å²) in [5.41, 5.74) is 2.35. The lowest BCUT2D eigenvalue weighted by Gasteiger charge is -2.09. The Bertz CT molecular complexity index is 925. The van der Waals surface area contributed by atoms with Gasteiger partial charge in [0.05, 0.1) is 12.0 Å². The molecule has 2 aromatic rings. The van der Waals surface area contributed by atoms with Crippen LogP contribution in [-0.2, 0) is 16.4 Å². The third-order valence-electron chi connectivity index (χ3n) is 5.69. The van der Waals surface area contributed by atoms with Crippen molar-refractivity contribution in [1.82, 2.24) is 4.89 Å². The molecule has 0 radical (unpaired) electrons. The predicted molar refractivity (Wildman–Crippen MR) is 105 cm³/mol. The van der Waals surface area contributed by atoms with E-state index in [2.05, 4.69) is 13.8 Å². The molecule has 2 atom stereocenters. The summed E-state index contributed by atoms with van der Waals surface area (Å²) in [4.78, 5) is 1.40. The second kappa shape index (κ2) is 7.43. The van der Waals surface area contributed by atoms with Crippen molar-refractivity contribution < 1.29 is 18.4 Å². The molecular formula is C20H24ClNO4S. The minimum atomic E-state index is -3.84. The zero-order chi connectivity index (χ0) is 19.8. The monoisotopic (exact) mass is 409 g/mol. The van der Waals surface area contributed by atoms with Gasteiger partial charge in [0.15, 0.2) is 0 Å². The van der Waals surface area contributed by atoms with E-state index in [4.69, 9.17) is 21.5 Å². The van der Waals surface area contributed by atoms with Gasteiger partial charge in [-0.1, -0.05) is 42.5 Å². The molecule has 1 aliphatic carbocycles. The fraction of sp³-hybridized carbons (Fsp3) is 0.400. The summed E-state index contributed by atoms with van der Waals surface area (Å²) in [6, 6.07) is 12.4. The first kappa shape index (κ1) is 20.1. The molecule has 1 fully saturated rings. The maximum absolute atomic E-state index is 11.7. The summed E-state index contributed by atoms with van der Waals surface area (Å²) in [5, 5.41) is 9.45. The molecule has 2 unspecified atom stereocenters. The molecule has 7 heteroatoms. The first-order valence-corrected chi connectivity index (χ1v) is 10.6. The second-order valence-corrected chi connectivity index (χ2v) is 9.66. The molecule has 0 bridgehead atoms. The number of methoxy groups -OCH3 is 1. The molecule has 2 aromatic carbocycles. The van der Waals surface area contributed by atoms with Gasteiger partial charge >= 0.3 is 0 Å². The summed E-state index contributed by atoms with van der Waals surface area (Å²) in [7, 11) is -2.18. The van der Waals surface area contributed by atoms with Crippen LogP contribution >= 0.6 is 11.6 Å². The lowest BCUT2D eigenvalue weighted by molar-refractivity contribution is 0.242. The molecule has 0 heterocycles. The van der Waals surface area contributed by atoms with Gasteiger partial charge in [-0.15, -0.1) is 0 Å².